The summed E-state index contributed by atoms with van der Waals surface area (Å²) in [7, 11) is 0. The van der Waals surface area contributed by atoms with Crippen molar-refractivity contribution in [3.63, 3.8) is 0 Å². The van der Waals surface area contributed by atoms with Crippen LogP contribution in [0.2, 0.25) is 0 Å². The predicted molar refractivity (Wildman–Crippen MR) is 73.6 cm³/mol. The summed E-state index contributed by atoms with van der Waals surface area (Å²) < 4.78 is 0. The van der Waals surface area contributed by atoms with Gasteiger partial charge in [-0.15, -0.1) is 0 Å². The summed E-state index contributed by atoms with van der Waals surface area (Å²) in [6.45, 7) is 0.252. The number of carbonyl (C=O) groups is 2. The zero-order chi connectivity index (χ0) is 13.9. The van der Waals surface area contributed by atoms with Crippen molar-refractivity contribution in [3.05, 3.63) is 66.0 Å². The molecule has 0 unspecified atom stereocenters. The van der Waals surface area contributed by atoms with Crippen LogP contribution >= 0.6 is 0 Å². The SMILES string of the molecule is O=C1C[C@H](c2ccccc2)C(=O)N1Cc1ccccn1. The van der Waals surface area contributed by atoms with Gasteiger partial charge in [0.15, 0.2) is 0 Å². The molecule has 1 aromatic heterocycles. The normalized spacial score (nSPS) is 18.6. The fraction of sp³-hybridized carbons (Fsp3) is 0.188. The van der Waals surface area contributed by atoms with Gasteiger partial charge in [-0.2, -0.15) is 0 Å². The maximum Gasteiger partial charge on any atom is 0.237 e. The molecule has 0 spiro atoms. The maximum absolute atomic E-state index is 12.4. The molecule has 0 N–H and O–H groups in total. The minimum atomic E-state index is -0.354. The number of hydrogen-bond acceptors (Lipinski definition) is 3. The largest absolute Gasteiger partial charge is 0.276 e. The Kier molecular flexibility index (Phi) is 3.29. The molecule has 0 radical (unpaired) electrons. The van der Waals surface area contributed by atoms with E-state index in [4.69, 9.17) is 0 Å². The zero-order valence-electron chi connectivity index (χ0n) is 10.9. The lowest BCUT2D eigenvalue weighted by Gasteiger charge is -2.14. The molecule has 1 aliphatic rings. The van der Waals surface area contributed by atoms with Crippen molar-refractivity contribution in [2.24, 2.45) is 0 Å². The lowest BCUT2D eigenvalue weighted by Crippen LogP contribution is -2.30. The minimum absolute atomic E-state index is 0.130. The first kappa shape index (κ1) is 12.5. The van der Waals surface area contributed by atoms with Crippen molar-refractivity contribution in [2.45, 2.75) is 18.9 Å². The third-order valence-electron chi connectivity index (χ3n) is 3.49. The molecule has 0 aliphatic carbocycles. The van der Waals surface area contributed by atoms with E-state index in [1.807, 2.05) is 48.5 Å². The number of benzene rings is 1. The summed E-state index contributed by atoms with van der Waals surface area (Å²) in [6, 6.07) is 14.9. The van der Waals surface area contributed by atoms with Crippen LogP contribution in [0.1, 0.15) is 23.6 Å². The van der Waals surface area contributed by atoms with E-state index < -0.39 is 0 Å². The monoisotopic (exact) mass is 266 g/mol. The summed E-state index contributed by atoms with van der Waals surface area (Å²) in [5.74, 6) is -0.617. The highest BCUT2D eigenvalue weighted by molar-refractivity contribution is 6.06. The van der Waals surface area contributed by atoms with Crippen LogP contribution in [0.4, 0.5) is 0 Å². The second-order valence-corrected chi connectivity index (χ2v) is 4.81. The third-order valence-corrected chi connectivity index (χ3v) is 3.49. The average molecular weight is 266 g/mol. The lowest BCUT2D eigenvalue weighted by atomic mass is 9.98. The minimum Gasteiger partial charge on any atom is -0.276 e. The predicted octanol–water partition coefficient (Wildman–Crippen LogP) is 2.12. The number of likely N-dealkylation sites (tertiary alicyclic amines) is 1. The second kappa shape index (κ2) is 5.25. The van der Waals surface area contributed by atoms with Crippen molar-refractivity contribution in [1.82, 2.24) is 9.88 Å². The molecule has 1 atom stereocenters. The molecular formula is C16H14N2O2. The lowest BCUT2D eigenvalue weighted by molar-refractivity contribution is -0.139. The Bertz CT molecular complexity index is 625. The smallest absolute Gasteiger partial charge is 0.237 e. The molecule has 0 bridgehead atoms. The molecule has 2 aromatic rings. The Morgan fingerprint density at radius 1 is 1.05 bits per heavy atom. The second-order valence-electron chi connectivity index (χ2n) is 4.81. The first-order chi connectivity index (χ1) is 9.75. The molecule has 2 heterocycles. The Hall–Kier alpha value is -2.49. The molecule has 0 saturated carbocycles. The van der Waals surface area contributed by atoms with Gasteiger partial charge in [-0.05, 0) is 17.7 Å². The van der Waals surface area contributed by atoms with Crippen LogP contribution in [0.5, 0.6) is 0 Å². The van der Waals surface area contributed by atoms with E-state index >= 15 is 0 Å². The Morgan fingerprint density at radius 2 is 1.80 bits per heavy atom. The van der Waals surface area contributed by atoms with Gasteiger partial charge in [0.1, 0.15) is 0 Å². The molecule has 100 valence electrons. The number of nitrogens with zero attached hydrogens (tertiary/aromatic N) is 2. The number of pyridine rings is 1. The highest BCUT2D eigenvalue weighted by atomic mass is 16.2. The summed E-state index contributed by atoms with van der Waals surface area (Å²) >= 11 is 0. The van der Waals surface area contributed by atoms with E-state index in [9.17, 15) is 9.59 Å². The van der Waals surface area contributed by atoms with Crippen molar-refractivity contribution in [3.8, 4) is 0 Å². The fourth-order valence-electron chi connectivity index (χ4n) is 2.45. The summed E-state index contributed by atoms with van der Waals surface area (Å²) in [5, 5.41) is 0. The van der Waals surface area contributed by atoms with Crippen LogP contribution in [0.25, 0.3) is 0 Å². The molecule has 1 saturated heterocycles. The van der Waals surface area contributed by atoms with Crippen LogP contribution in [0.3, 0.4) is 0 Å². The van der Waals surface area contributed by atoms with Gasteiger partial charge in [-0.1, -0.05) is 36.4 Å². The topological polar surface area (TPSA) is 50.3 Å². The van der Waals surface area contributed by atoms with Crippen molar-refractivity contribution >= 4 is 11.8 Å². The number of imide groups is 1. The third kappa shape index (κ3) is 2.32. The molecule has 4 heteroatoms. The molecule has 2 amide bonds. The Morgan fingerprint density at radius 3 is 2.50 bits per heavy atom. The fourth-order valence-corrected chi connectivity index (χ4v) is 2.45. The maximum atomic E-state index is 12.4. The van der Waals surface area contributed by atoms with Crippen molar-refractivity contribution < 1.29 is 9.59 Å². The van der Waals surface area contributed by atoms with Gasteiger partial charge in [0.25, 0.3) is 0 Å². The van der Waals surface area contributed by atoms with Gasteiger partial charge >= 0.3 is 0 Å². The van der Waals surface area contributed by atoms with E-state index in [2.05, 4.69) is 4.98 Å². The van der Waals surface area contributed by atoms with E-state index in [1.54, 1.807) is 6.20 Å². The number of hydrogen-bond donors (Lipinski definition) is 0. The van der Waals surface area contributed by atoms with Gasteiger partial charge in [-0.3, -0.25) is 19.5 Å². The number of amides is 2. The quantitative estimate of drug-likeness (QED) is 0.800. The van der Waals surface area contributed by atoms with Gasteiger partial charge in [0, 0.05) is 12.6 Å². The van der Waals surface area contributed by atoms with Gasteiger partial charge in [-0.25, -0.2) is 0 Å². The molecule has 1 aromatic carbocycles. The van der Waals surface area contributed by atoms with Crippen LogP contribution in [-0.4, -0.2) is 21.7 Å². The van der Waals surface area contributed by atoms with Crippen LogP contribution < -0.4 is 0 Å². The molecule has 3 rings (SSSR count). The number of carbonyl (C=O) groups excluding carboxylic acids is 2. The number of aromatic nitrogens is 1. The number of rotatable bonds is 3. The van der Waals surface area contributed by atoms with Gasteiger partial charge < -0.3 is 0 Å². The van der Waals surface area contributed by atoms with Crippen molar-refractivity contribution in [2.75, 3.05) is 0 Å². The van der Waals surface area contributed by atoms with Crippen LogP contribution in [0, 0.1) is 0 Å². The average Bonchev–Trinajstić information content (AvgIpc) is 2.77. The summed E-state index contributed by atoms with van der Waals surface area (Å²) in [5.41, 5.74) is 1.62. The summed E-state index contributed by atoms with van der Waals surface area (Å²) in [4.78, 5) is 29.9. The summed E-state index contributed by atoms with van der Waals surface area (Å²) in [6.07, 6.45) is 1.91. The Balaban J connectivity index is 1.81. The first-order valence-corrected chi connectivity index (χ1v) is 6.55. The van der Waals surface area contributed by atoms with E-state index in [0.29, 0.717) is 0 Å². The first-order valence-electron chi connectivity index (χ1n) is 6.55. The van der Waals surface area contributed by atoms with E-state index in [1.165, 1.54) is 4.90 Å². The van der Waals surface area contributed by atoms with E-state index in [0.717, 1.165) is 11.3 Å². The van der Waals surface area contributed by atoms with E-state index in [-0.39, 0.29) is 30.7 Å². The van der Waals surface area contributed by atoms with Crippen LogP contribution in [0.15, 0.2) is 54.7 Å². The molecule has 1 fully saturated rings. The van der Waals surface area contributed by atoms with Crippen LogP contribution in [-0.2, 0) is 16.1 Å². The Labute approximate surface area is 117 Å². The highest BCUT2D eigenvalue weighted by Crippen LogP contribution is 2.30. The molecule has 4 nitrogen and oxygen atoms in total. The molecule has 20 heavy (non-hydrogen) atoms. The van der Waals surface area contributed by atoms with Gasteiger partial charge in [0.05, 0.1) is 18.2 Å². The molecule has 1 aliphatic heterocycles. The standard InChI is InChI=1S/C16H14N2O2/c19-15-10-14(12-6-2-1-3-7-12)16(20)18(15)11-13-8-4-5-9-17-13/h1-9,14H,10-11H2/t14-/m1/s1. The van der Waals surface area contributed by atoms with Crippen molar-refractivity contribution in [1.29, 1.82) is 0 Å². The molecular weight excluding hydrogens is 252 g/mol. The van der Waals surface area contributed by atoms with Gasteiger partial charge in [0.2, 0.25) is 11.8 Å². The highest BCUT2D eigenvalue weighted by Gasteiger charge is 2.39. The zero-order valence-corrected chi connectivity index (χ0v) is 10.9.